The molecule has 0 bridgehead atoms. The maximum Gasteiger partial charge on any atom is 0.355 e. The fourth-order valence-corrected chi connectivity index (χ4v) is 4.50. The Hall–Kier alpha value is -3.74. The summed E-state index contributed by atoms with van der Waals surface area (Å²) < 4.78 is 12.0. The Bertz CT molecular complexity index is 1290. The number of aromatic nitrogens is 1. The third-order valence-electron chi connectivity index (χ3n) is 5.90. The van der Waals surface area contributed by atoms with Crippen molar-refractivity contribution in [2.75, 3.05) is 13.2 Å². The van der Waals surface area contributed by atoms with Crippen LogP contribution in [0.3, 0.4) is 0 Å². The van der Waals surface area contributed by atoms with E-state index in [0.717, 1.165) is 0 Å². The molecule has 0 N–H and O–H groups in total. The summed E-state index contributed by atoms with van der Waals surface area (Å²) in [6.07, 6.45) is 1.48. The van der Waals surface area contributed by atoms with Gasteiger partial charge in [0, 0.05) is 17.5 Å². The number of ketones is 2. The molecule has 170 valence electrons. The van der Waals surface area contributed by atoms with Crippen molar-refractivity contribution >= 4 is 29.0 Å². The van der Waals surface area contributed by atoms with Crippen LogP contribution < -0.4 is 0 Å². The van der Waals surface area contributed by atoms with Crippen molar-refractivity contribution in [1.29, 1.82) is 0 Å². The second kappa shape index (κ2) is 9.02. The number of carbonyl (C=O) groups excluding carboxylic acids is 4. The molecule has 0 radical (unpaired) electrons. The minimum absolute atomic E-state index is 0.0905. The van der Waals surface area contributed by atoms with Gasteiger partial charge >= 0.3 is 11.9 Å². The van der Waals surface area contributed by atoms with Crippen molar-refractivity contribution in [3.05, 3.63) is 75.6 Å². The van der Waals surface area contributed by atoms with E-state index in [1.54, 1.807) is 57.2 Å². The predicted molar refractivity (Wildman–Crippen MR) is 121 cm³/mol. The zero-order chi connectivity index (χ0) is 23.7. The van der Waals surface area contributed by atoms with Crippen LogP contribution in [0.4, 0.5) is 0 Å². The highest BCUT2D eigenvalue weighted by atomic mass is 16.5. The summed E-state index contributed by atoms with van der Waals surface area (Å²) in [5.41, 5.74) is 2.52. The number of fused-ring (bicyclic) bond motifs is 2. The van der Waals surface area contributed by atoms with Crippen molar-refractivity contribution in [3.8, 4) is 0 Å². The molecule has 0 fully saturated rings. The van der Waals surface area contributed by atoms with E-state index in [-0.39, 0.29) is 41.7 Å². The van der Waals surface area contributed by atoms with E-state index in [0.29, 0.717) is 47.0 Å². The summed E-state index contributed by atoms with van der Waals surface area (Å²) in [4.78, 5) is 52.6. The van der Waals surface area contributed by atoms with Crippen LogP contribution in [0.25, 0.3) is 5.52 Å². The van der Waals surface area contributed by atoms with Crippen LogP contribution in [0.5, 0.6) is 0 Å². The van der Waals surface area contributed by atoms with Crippen molar-refractivity contribution in [2.24, 2.45) is 0 Å². The smallest absolute Gasteiger partial charge is 0.355 e. The Kier molecular flexibility index (Phi) is 6.14. The molecule has 0 saturated heterocycles. The first kappa shape index (κ1) is 22.5. The molecule has 0 saturated carbocycles. The molecule has 1 aliphatic carbocycles. The summed E-state index contributed by atoms with van der Waals surface area (Å²) in [5, 5.41) is 0. The van der Waals surface area contributed by atoms with E-state index in [1.807, 2.05) is 0 Å². The number of Topliss-reactive ketones (excluding diaryl/α,β-unsaturated/α-hetero) is 1. The monoisotopic (exact) mass is 447 g/mol. The lowest BCUT2D eigenvalue weighted by atomic mass is 9.87. The SMILES string of the molecule is CCOC(=O)c1c(C)c(C(=O)OCC)n2c(C(=O)c3ccccc3)c3c(cc12)C(=O)CCC3. The van der Waals surface area contributed by atoms with E-state index in [1.165, 1.54) is 4.40 Å². The van der Waals surface area contributed by atoms with Crippen LogP contribution >= 0.6 is 0 Å². The van der Waals surface area contributed by atoms with Crippen LogP contribution in [0.15, 0.2) is 36.4 Å². The fraction of sp³-hybridized carbons (Fsp3) is 0.308. The molecule has 33 heavy (non-hydrogen) atoms. The van der Waals surface area contributed by atoms with Gasteiger partial charge in [0.05, 0.1) is 30.0 Å². The zero-order valence-electron chi connectivity index (χ0n) is 18.9. The minimum atomic E-state index is -0.648. The molecule has 2 heterocycles. The maximum absolute atomic E-state index is 13.8. The van der Waals surface area contributed by atoms with Crippen molar-refractivity contribution < 1.29 is 28.7 Å². The Balaban J connectivity index is 2.16. The van der Waals surface area contributed by atoms with Gasteiger partial charge in [-0.25, -0.2) is 9.59 Å². The second-order valence-corrected chi connectivity index (χ2v) is 7.87. The summed E-state index contributed by atoms with van der Waals surface area (Å²) in [6.45, 7) is 5.28. The van der Waals surface area contributed by atoms with Crippen LogP contribution in [0.1, 0.15) is 85.1 Å². The fourth-order valence-electron chi connectivity index (χ4n) is 4.50. The largest absolute Gasteiger partial charge is 0.462 e. The minimum Gasteiger partial charge on any atom is -0.462 e. The number of nitrogens with zero attached hydrogens (tertiary/aromatic N) is 1. The van der Waals surface area contributed by atoms with E-state index in [4.69, 9.17) is 9.47 Å². The third kappa shape index (κ3) is 3.73. The molecule has 2 aromatic heterocycles. The number of carbonyl (C=O) groups is 4. The molecule has 0 aliphatic heterocycles. The Labute approximate surface area is 191 Å². The number of benzene rings is 1. The molecule has 0 spiro atoms. The average Bonchev–Trinajstić information content (AvgIpc) is 3.10. The number of ether oxygens (including phenoxy) is 2. The molecular weight excluding hydrogens is 422 g/mol. The van der Waals surface area contributed by atoms with Crippen molar-refractivity contribution in [1.82, 2.24) is 4.40 Å². The van der Waals surface area contributed by atoms with Gasteiger partial charge < -0.3 is 9.47 Å². The number of pyridine rings is 1. The van der Waals surface area contributed by atoms with Crippen LogP contribution in [0, 0.1) is 6.92 Å². The molecule has 0 atom stereocenters. The van der Waals surface area contributed by atoms with Crippen LogP contribution in [0.2, 0.25) is 0 Å². The molecule has 1 aliphatic rings. The van der Waals surface area contributed by atoms with Gasteiger partial charge in [-0.1, -0.05) is 30.3 Å². The second-order valence-electron chi connectivity index (χ2n) is 7.87. The van der Waals surface area contributed by atoms with E-state index >= 15 is 0 Å². The van der Waals surface area contributed by atoms with E-state index < -0.39 is 11.9 Å². The quantitative estimate of drug-likeness (QED) is 0.412. The lowest BCUT2D eigenvalue weighted by Gasteiger charge is -2.21. The van der Waals surface area contributed by atoms with Gasteiger partial charge in [-0.2, -0.15) is 0 Å². The molecule has 0 amide bonds. The van der Waals surface area contributed by atoms with E-state index in [2.05, 4.69) is 0 Å². The number of rotatable bonds is 6. The first-order valence-corrected chi connectivity index (χ1v) is 11.1. The van der Waals surface area contributed by atoms with Gasteiger partial charge in [0.15, 0.2) is 5.78 Å². The Morgan fingerprint density at radius 3 is 2.27 bits per heavy atom. The van der Waals surface area contributed by atoms with Crippen molar-refractivity contribution in [3.63, 3.8) is 0 Å². The predicted octanol–water partition coefficient (Wildman–Crippen LogP) is 4.35. The Morgan fingerprint density at radius 1 is 0.939 bits per heavy atom. The van der Waals surface area contributed by atoms with Crippen molar-refractivity contribution in [2.45, 2.75) is 40.0 Å². The van der Waals surface area contributed by atoms with Crippen LogP contribution in [-0.2, 0) is 15.9 Å². The zero-order valence-corrected chi connectivity index (χ0v) is 18.9. The molecule has 7 heteroatoms. The molecule has 4 rings (SSSR count). The van der Waals surface area contributed by atoms with E-state index in [9.17, 15) is 19.2 Å². The normalized spacial score (nSPS) is 13.0. The molecule has 3 aromatic rings. The first-order valence-electron chi connectivity index (χ1n) is 11.1. The highest BCUT2D eigenvalue weighted by Gasteiger charge is 2.34. The van der Waals surface area contributed by atoms with Gasteiger partial charge in [0.2, 0.25) is 5.78 Å². The maximum atomic E-state index is 13.8. The molecule has 7 nitrogen and oxygen atoms in total. The number of esters is 2. The van der Waals surface area contributed by atoms with Gasteiger partial charge in [-0.3, -0.25) is 14.0 Å². The Morgan fingerprint density at radius 2 is 1.61 bits per heavy atom. The highest BCUT2D eigenvalue weighted by Crippen LogP contribution is 2.34. The molecule has 1 aromatic carbocycles. The van der Waals surface area contributed by atoms with Gasteiger partial charge in [0.25, 0.3) is 0 Å². The molecular formula is C26H25NO6. The lowest BCUT2D eigenvalue weighted by Crippen LogP contribution is -2.22. The number of hydrogen-bond donors (Lipinski definition) is 0. The van der Waals surface area contributed by atoms with Crippen LogP contribution in [-0.4, -0.2) is 41.1 Å². The standard InChI is InChI=1S/C26H25NO6/c1-4-32-25(30)21-15(3)22(26(31)33-5-2)27-19(21)14-18-17(12-9-13-20(18)28)23(27)24(29)16-10-7-6-8-11-16/h6-8,10-11,14H,4-5,9,12-13H2,1-3H3. The highest BCUT2D eigenvalue weighted by molar-refractivity contribution is 6.14. The summed E-state index contributed by atoms with van der Waals surface area (Å²) >= 11 is 0. The lowest BCUT2D eigenvalue weighted by molar-refractivity contribution is 0.0517. The van der Waals surface area contributed by atoms with Gasteiger partial charge in [0.1, 0.15) is 5.69 Å². The number of hydrogen-bond acceptors (Lipinski definition) is 6. The average molecular weight is 447 g/mol. The summed E-state index contributed by atoms with van der Waals surface area (Å²) in [5.74, 6) is -1.69. The van der Waals surface area contributed by atoms with Gasteiger partial charge in [-0.15, -0.1) is 0 Å². The summed E-state index contributed by atoms with van der Waals surface area (Å²) in [6, 6.07) is 10.3. The topological polar surface area (TPSA) is 91.2 Å². The van der Waals surface area contributed by atoms with Gasteiger partial charge in [-0.05, 0) is 50.8 Å². The molecule has 0 unspecified atom stereocenters. The summed E-state index contributed by atoms with van der Waals surface area (Å²) in [7, 11) is 0. The third-order valence-corrected chi connectivity index (χ3v) is 5.90. The first-order chi connectivity index (χ1) is 15.9.